The fourth-order valence-corrected chi connectivity index (χ4v) is 9.12. The van der Waals surface area contributed by atoms with E-state index >= 15 is 0 Å². The van der Waals surface area contributed by atoms with E-state index in [-0.39, 0.29) is 23.0 Å². The van der Waals surface area contributed by atoms with Gasteiger partial charge in [0.2, 0.25) is 5.78 Å². The molecule has 1 unspecified atom stereocenters. The van der Waals surface area contributed by atoms with Crippen LogP contribution in [-0.2, 0) is 42.9 Å². The van der Waals surface area contributed by atoms with Gasteiger partial charge in [-0.05, 0) is 36.4 Å². The molecule has 1 fully saturated rings. The Morgan fingerprint density at radius 1 is 0.854 bits per heavy atom. The summed E-state index contributed by atoms with van der Waals surface area (Å²) in [5.41, 5.74) is 7.42. The number of fused-ring (bicyclic) bond motifs is 1. The summed E-state index contributed by atoms with van der Waals surface area (Å²) in [6.07, 6.45) is -5.11. The molecule has 2 aromatic heterocycles. The number of para-hydroxylation sites is 1. The van der Waals surface area contributed by atoms with Gasteiger partial charge in [-0.15, -0.1) is 22.7 Å². The molecule has 0 bridgehead atoms. The monoisotopic (exact) mass is 776 g/mol. The van der Waals surface area contributed by atoms with E-state index in [0.717, 1.165) is 51.6 Å². The molecule has 4 aromatic rings. The number of ether oxygens (including phenoxy) is 5. The van der Waals surface area contributed by atoms with Crippen LogP contribution in [-0.4, -0.2) is 71.1 Å². The molecule has 0 spiro atoms. The largest absolute Gasteiger partial charge is 0.463 e. The van der Waals surface area contributed by atoms with Gasteiger partial charge < -0.3 is 29.4 Å². The molecular weight excluding hydrogens is 748 g/mol. The number of nitrogens with two attached hydrogens (primary N) is 1. The van der Waals surface area contributed by atoms with Crippen LogP contribution in [0.25, 0.3) is 20.8 Å². The number of carbonyl (C=O) groups is 5. The van der Waals surface area contributed by atoms with Crippen molar-refractivity contribution < 1.29 is 47.7 Å². The Labute approximate surface area is 295 Å². The quantitative estimate of drug-likeness (QED) is 0.117. The van der Waals surface area contributed by atoms with Crippen molar-refractivity contribution >= 4 is 95.9 Å². The third-order valence-electron chi connectivity index (χ3n) is 6.90. The Morgan fingerprint density at radius 3 is 2.10 bits per heavy atom. The minimum Gasteiger partial charge on any atom is -0.463 e. The van der Waals surface area contributed by atoms with E-state index in [1.54, 1.807) is 24.3 Å². The van der Waals surface area contributed by atoms with Gasteiger partial charge in [0.25, 0.3) is 0 Å². The number of thiazole rings is 1. The predicted molar refractivity (Wildman–Crippen MR) is 183 cm³/mol. The summed E-state index contributed by atoms with van der Waals surface area (Å²) in [4.78, 5) is 67.5. The maximum atomic E-state index is 13.8. The van der Waals surface area contributed by atoms with Gasteiger partial charge in [0.1, 0.15) is 23.2 Å². The lowest BCUT2D eigenvalue weighted by molar-refractivity contribution is -0.237. The molecule has 3 heterocycles. The van der Waals surface area contributed by atoms with Crippen molar-refractivity contribution in [3.05, 3.63) is 63.4 Å². The van der Waals surface area contributed by atoms with E-state index in [2.05, 4.69) is 15.9 Å². The zero-order chi connectivity index (χ0) is 34.7. The lowest BCUT2D eigenvalue weighted by Crippen LogP contribution is -2.61. The first-order valence-electron chi connectivity index (χ1n) is 14.4. The molecule has 1 aliphatic rings. The van der Waals surface area contributed by atoms with E-state index in [9.17, 15) is 24.0 Å². The Morgan fingerprint density at radius 2 is 1.48 bits per heavy atom. The van der Waals surface area contributed by atoms with Gasteiger partial charge in [-0.3, -0.25) is 24.0 Å². The van der Waals surface area contributed by atoms with Crippen molar-refractivity contribution in [3.8, 4) is 10.6 Å². The number of carbonyl (C=O) groups excluding carboxylic acids is 5. The number of hydrogen-bond acceptors (Lipinski definition) is 15. The second kappa shape index (κ2) is 15.2. The summed E-state index contributed by atoms with van der Waals surface area (Å²) in [7, 11) is 0. The van der Waals surface area contributed by atoms with Gasteiger partial charge in [0.05, 0.1) is 30.6 Å². The van der Waals surface area contributed by atoms with E-state index < -0.39 is 53.7 Å². The van der Waals surface area contributed by atoms with Crippen molar-refractivity contribution in [1.82, 2.24) is 4.98 Å². The Bertz CT molecular complexity index is 1840. The van der Waals surface area contributed by atoms with Gasteiger partial charge in [-0.25, -0.2) is 4.98 Å². The van der Waals surface area contributed by atoms with E-state index in [0.29, 0.717) is 20.3 Å². The highest BCUT2D eigenvalue weighted by Crippen LogP contribution is 2.50. The second-order valence-corrected chi connectivity index (χ2v) is 14.8. The number of aromatic nitrogens is 1. The number of thioether (sulfide) groups is 1. The van der Waals surface area contributed by atoms with Crippen LogP contribution in [0.15, 0.2) is 57.2 Å². The highest BCUT2D eigenvalue weighted by atomic mass is 79.9. The average molecular weight is 778 g/mol. The maximum absolute atomic E-state index is 13.8. The highest BCUT2D eigenvalue weighted by molar-refractivity contribution is 9.10. The molecule has 16 heteroatoms. The van der Waals surface area contributed by atoms with Gasteiger partial charge in [0.15, 0.2) is 18.3 Å². The topological polar surface area (TPSA) is 170 Å². The first-order valence-corrected chi connectivity index (χ1v) is 17.7. The molecule has 5 rings (SSSR count). The third kappa shape index (κ3) is 8.06. The first kappa shape index (κ1) is 35.5. The molecule has 0 amide bonds. The van der Waals surface area contributed by atoms with E-state index in [1.807, 2.05) is 24.3 Å². The lowest BCUT2D eigenvalue weighted by atomic mass is 9.99. The van der Waals surface area contributed by atoms with Crippen molar-refractivity contribution in [2.75, 3.05) is 12.3 Å². The van der Waals surface area contributed by atoms with Crippen LogP contribution in [0.5, 0.6) is 0 Å². The van der Waals surface area contributed by atoms with Gasteiger partial charge in [0, 0.05) is 37.7 Å². The van der Waals surface area contributed by atoms with Gasteiger partial charge in [-0.2, -0.15) is 0 Å². The number of hydrogen-bond donors (Lipinski definition) is 1. The zero-order valence-corrected chi connectivity index (χ0v) is 30.0. The summed E-state index contributed by atoms with van der Waals surface area (Å²) >= 11 is 6.93. The number of esters is 4. The molecule has 0 aliphatic carbocycles. The fraction of sp³-hybridized carbons (Fsp3) is 0.312. The molecule has 0 saturated carbocycles. The van der Waals surface area contributed by atoms with Crippen LogP contribution in [0.1, 0.15) is 42.9 Å². The van der Waals surface area contributed by atoms with E-state index in [4.69, 9.17) is 34.4 Å². The minimum atomic E-state index is -1.35. The van der Waals surface area contributed by atoms with Gasteiger partial charge >= 0.3 is 23.9 Å². The number of thiophene rings is 1. The van der Waals surface area contributed by atoms with Crippen molar-refractivity contribution in [2.45, 2.75) is 61.8 Å². The van der Waals surface area contributed by atoms with Crippen LogP contribution in [0.3, 0.4) is 0 Å². The van der Waals surface area contributed by atoms with Crippen LogP contribution < -0.4 is 5.73 Å². The molecule has 1 saturated heterocycles. The molecule has 1 aliphatic heterocycles. The number of anilines is 1. The number of rotatable bonds is 10. The molecule has 252 valence electrons. The summed E-state index contributed by atoms with van der Waals surface area (Å²) < 4.78 is 30.5. The normalized spacial score (nSPS) is 20.6. The smallest absolute Gasteiger partial charge is 0.303 e. The summed E-state index contributed by atoms with van der Waals surface area (Å²) in [6, 6.07) is 14.4. The summed E-state index contributed by atoms with van der Waals surface area (Å²) in [5.74, 6) is -3.16. The second-order valence-electron chi connectivity index (χ2n) is 10.5. The van der Waals surface area contributed by atoms with Crippen LogP contribution in [0.4, 0.5) is 5.69 Å². The SMILES string of the molecule is CC(=O)OC[C@H]1OC(Sc2sc(C(=O)c3ccc(Br)cc3)c(N)c2-c2nc3ccccc3s2)[C@H](OC(C)=O)[C@@H](OC(C)=O)[C@@H]1OC(C)=O. The minimum absolute atomic E-state index is 0.195. The Balaban J connectivity index is 1.64. The van der Waals surface area contributed by atoms with Crippen LogP contribution in [0.2, 0.25) is 0 Å². The molecule has 2 N–H and O–H groups in total. The number of ketones is 1. The van der Waals surface area contributed by atoms with Crippen molar-refractivity contribution in [2.24, 2.45) is 0 Å². The maximum Gasteiger partial charge on any atom is 0.303 e. The number of nitrogens with zero attached hydrogens (tertiary/aromatic N) is 1. The number of nitrogen functional groups attached to an aromatic ring is 1. The molecule has 5 atom stereocenters. The average Bonchev–Trinajstić information content (AvgIpc) is 3.58. The lowest BCUT2D eigenvalue weighted by Gasteiger charge is -2.44. The van der Waals surface area contributed by atoms with Gasteiger partial charge in [-0.1, -0.05) is 39.8 Å². The Hall–Kier alpha value is -3.83. The number of halogens is 1. The van der Waals surface area contributed by atoms with E-state index in [1.165, 1.54) is 25.2 Å². The van der Waals surface area contributed by atoms with Crippen molar-refractivity contribution in [1.29, 1.82) is 0 Å². The molecule has 2 aromatic carbocycles. The molecule has 48 heavy (non-hydrogen) atoms. The third-order valence-corrected chi connectivity index (χ3v) is 11.1. The summed E-state index contributed by atoms with van der Waals surface area (Å²) in [5, 5.41) is 0.535. The standard InChI is InChI=1S/C32H29BrN2O10S3/c1-14(36)41-13-21-26(42-15(2)37)27(43-16(3)38)28(44-17(4)39)31(45-21)48-32-23(30-35-20-7-5-6-8-22(20)46-30)24(34)29(47-32)25(40)18-9-11-19(33)12-10-18/h5-12,21,26-28,31H,13,34H2,1-4H3/t21-,26-,27+,28-,31?/m1/s1. The zero-order valence-electron chi connectivity index (χ0n) is 25.9. The predicted octanol–water partition coefficient (Wildman–Crippen LogP) is 5.78. The highest BCUT2D eigenvalue weighted by Gasteiger charge is 2.53. The van der Waals surface area contributed by atoms with Crippen LogP contribution >= 0.6 is 50.4 Å². The summed E-state index contributed by atoms with van der Waals surface area (Å²) in [6.45, 7) is 4.30. The first-order chi connectivity index (χ1) is 22.8. The number of benzene rings is 2. The molecular formula is C32H29BrN2O10S3. The van der Waals surface area contributed by atoms with Crippen LogP contribution in [0, 0.1) is 0 Å². The van der Waals surface area contributed by atoms with Crippen molar-refractivity contribution in [3.63, 3.8) is 0 Å². The molecule has 0 radical (unpaired) electrons. The fourth-order valence-electron chi connectivity index (χ4n) is 4.98. The Kier molecular flexibility index (Phi) is 11.2. The molecule has 12 nitrogen and oxygen atoms in total.